The molecule has 0 unspecified atom stereocenters. The Hall–Kier alpha value is -1.40. The van der Waals surface area contributed by atoms with Gasteiger partial charge < -0.3 is 20.7 Å². The summed E-state index contributed by atoms with van der Waals surface area (Å²) in [6, 6.07) is 2.37. The number of nitrogens with zero attached hydrogens (tertiary/aromatic N) is 3. The number of nitrogens with one attached hydrogen (secondary N) is 1. The van der Waals surface area contributed by atoms with Gasteiger partial charge in [-0.3, -0.25) is 0 Å². The van der Waals surface area contributed by atoms with Crippen LogP contribution in [0.4, 0.5) is 11.8 Å². The Bertz CT molecular complexity index is 373. The van der Waals surface area contributed by atoms with Crippen LogP contribution in [0, 0.1) is 0 Å². The van der Waals surface area contributed by atoms with Gasteiger partial charge in [-0.05, 0) is 18.9 Å². The van der Waals surface area contributed by atoms with E-state index in [9.17, 15) is 0 Å². The monoisotopic (exact) mass is 251 g/mol. The standard InChI is InChI=1S/C12H21N5O/c1-18-9-10-3-2-8-17(10)11-4-6-14-12(16-11)15-7-5-13/h4,6,10H,2-3,5,7-9,13H2,1H3,(H,14,15,16)/t10-/m0/s1. The van der Waals surface area contributed by atoms with E-state index in [0.717, 1.165) is 25.4 Å². The first-order chi connectivity index (χ1) is 8.85. The Morgan fingerprint density at radius 2 is 2.50 bits per heavy atom. The van der Waals surface area contributed by atoms with Crippen molar-refractivity contribution in [1.29, 1.82) is 0 Å². The van der Waals surface area contributed by atoms with Gasteiger partial charge in [0.1, 0.15) is 5.82 Å². The molecule has 1 aromatic heterocycles. The number of aromatic nitrogens is 2. The van der Waals surface area contributed by atoms with Gasteiger partial charge in [-0.15, -0.1) is 0 Å². The molecule has 2 rings (SSSR count). The summed E-state index contributed by atoms with van der Waals surface area (Å²) in [5, 5.41) is 3.10. The maximum Gasteiger partial charge on any atom is 0.224 e. The van der Waals surface area contributed by atoms with Crippen LogP contribution in [0.2, 0.25) is 0 Å². The summed E-state index contributed by atoms with van der Waals surface area (Å²) in [6.45, 7) is 3.03. The SMILES string of the molecule is COC[C@@H]1CCCN1c1ccnc(NCCN)n1. The van der Waals surface area contributed by atoms with Crippen LogP contribution in [0.5, 0.6) is 0 Å². The van der Waals surface area contributed by atoms with E-state index in [-0.39, 0.29) is 0 Å². The molecular weight excluding hydrogens is 230 g/mol. The molecule has 0 radical (unpaired) electrons. The zero-order chi connectivity index (χ0) is 12.8. The maximum absolute atomic E-state index is 5.45. The summed E-state index contributed by atoms with van der Waals surface area (Å²) in [7, 11) is 1.74. The molecule has 18 heavy (non-hydrogen) atoms. The molecule has 3 N–H and O–H groups in total. The first-order valence-corrected chi connectivity index (χ1v) is 6.37. The largest absolute Gasteiger partial charge is 0.383 e. The van der Waals surface area contributed by atoms with E-state index in [0.29, 0.717) is 25.1 Å². The molecule has 1 atom stereocenters. The van der Waals surface area contributed by atoms with Crippen molar-refractivity contribution < 1.29 is 4.74 Å². The average molecular weight is 251 g/mol. The highest BCUT2D eigenvalue weighted by Crippen LogP contribution is 2.24. The number of hydrogen-bond acceptors (Lipinski definition) is 6. The van der Waals surface area contributed by atoms with Gasteiger partial charge in [-0.1, -0.05) is 0 Å². The second-order valence-electron chi connectivity index (χ2n) is 4.40. The van der Waals surface area contributed by atoms with Crippen molar-refractivity contribution in [3.63, 3.8) is 0 Å². The van der Waals surface area contributed by atoms with Gasteiger partial charge in [-0.25, -0.2) is 4.98 Å². The quantitative estimate of drug-likeness (QED) is 0.765. The molecule has 0 bridgehead atoms. The highest BCUT2D eigenvalue weighted by molar-refractivity contribution is 5.44. The van der Waals surface area contributed by atoms with Crippen LogP contribution in [-0.2, 0) is 4.74 Å². The lowest BCUT2D eigenvalue weighted by Crippen LogP contribution is -2.33. The van der Waals surface area contributed by atoms with Crippen LogP contribution >= 0.6 is 0 Å². The second kappa shape index (κ2) is 6.51. The number of ether oxygens (including phenoxy) is 1. The van der Waals surface area contributed by atoms with Crippen LogP contribution in [0.1, 0.15) is 12.8 Å². The topological polar surface area (TPSA) is 76.3 Å². The van der Waals surface area contributed by atoms with E-state index in [1.54, 1.807) is 13.3 Å². The number of hydrogen-bond donors (Lipinski definition) is 2. The summed E-state index contributed by atoms with van der Waals surface area (Å²) < 4.78 is 5.26. The van der Waals surface area contributed by atoms with Gasteiger partial charge in [0, 0.05) is 32.9 Å². The lowest BCUT2D eigenvalue weighted by Gasteiger charge is -2.25. The highest BCUT2D eigenvalue weighted by Gasteiger charge is 2.25. The summed E-state index contributed by atoms with van der Waals surface area (Å²) >= 11 is 0. The molecule has 0 spiro atoms. The molecule has 6 heteroatoms. The molecule has 1 saturated heterocycles. The minimum atomic E-state index is 0.423. The lowest BCUT2D eigenvalue weighted by molar-refractivity contribution is 0.180. The molecule has 0 saturated carbocycles. The fourth-order valence-electron chi connectivity index (χ4n) is 2.28. The predicted octanol–water partition coefficient (Wildman–Crippen LogP) is 0.462. The smallest absolute Gasteiger partial charge is 0.224 e. The molecule has 0 aliphatic carbocycles. The van der Waals surface area contributed by atoms with Crippen molar-refractivity contribution in [1.82, 2.24) is 9.97 Å². The summed E-state index contributed by atoms with van der Waals surface area (Å²) in [6.07, 6.45) is 4.12. The molecule has 6 nitrogen and oxygen atoms in total. The first kappa shape index (κ1) is 13.0. The van der Waals surface area contributed by atoms with Crippen molar-refractivity contribution in [3.8, 4) is 0 Å². The van der Waals surface area contributed by atoms with Crippen LogP contribution in [0.3, 0.4) is 0 Å². The minimum absolute atomic E-state index is 0.423. The van der Waals surface area contributed by atoms with Crippen LogP contribution < -0.4 is 16.0 Å². The van der Waals surface area contributed by atoms with Crippen molar-refractivity contribution in [2.75, 3.05) is 43.6 Å². The van der Waals surface area contributed by atoms with E-state index in [1.165, 1.54) is 6.42 Å². The Labute approximate surface area is 108 Å². The molecule has 0 aromatic carbocycles. The molecule has 0 amide bonds. The van der Waals surface area contributed by atoms with E-state index < -0.39 is 0 Å². The van der Waals surface area contributed by atoms with E-state index in [4.69, 9.17) is 10.5 Å². The number of methoxy groups -OCH3 is 1. The first-order valence-electron chi connectivity index (χ1n) is 6.37. The number of nitrogens with two attached hydrogens (primary N) is 1. The normalized spacial score (nSPS) is 19.2. The summed E-state index contributed by atoms with van der Waals surface area (Å²) in [4.78, 5) is 11.0. The fraction of sp³-hybridized carbons (Fsp3) is 0.667. The second-order valence-corrected chi connectivity index (χ2v) is 4.40. The highest BCUT2D eigenvalue weighted by atomic mass is 16.5. The fourth-order valence-corrected chi connectivity index (χ4v) is 2.28. The zero-order valence-corrected chi connectivity index (χ0v) is 10.8. The van der Waals surface area contributed by atoms with E-state index >= 15 is 0 Å². The van der Waals surface area contributed by atoms with Gasteiger partial charge in [0.25, 0.3) is 0 Å². The van der Waals surface area contributed by atoms with E-state index in [2.05, 4.69) is 20.2 Å². The van der Waals surface area contributed by atoms with Crippen molar-refractivity contribution in [2.24, 2.45) is 5.73 Å². The average Bonchev–Trinajstić information content (AvgIpc) is 2.85. The Morgan fingerprint density at radius 3 is 3.28 bits per heavy atom. The third-order valence-electron chi connectivity index (χ3n) is 3.10. The van der Waals surface area contributed by atoms with Crippen LogP contribution in [0.15, 0.2) is 12.3 Å². The number of anilines is 2. The Kier molecular flexibility index (Phi) is 4.72. The third kappa shape index (κ3) is 3.08. The zero-order valence-electron chi connectivity index (χ0n) is 10.8. The lowest BCUT2D eigenvalue weighted by atomic mass is 10.2. The molecular formula is C12H21N5O. The molecule has 1 aliphatic rings. The maximum atomic E-state index is 5.45. The predicted molar refractivity (Wildman–Crippen MR) is 71.8 cm³/mol. The van der Waals surface area contributed by atoms with Crippen molar-refractivity contribution in [2.45, 2.75) is 18.9 Å². The van der Waals surface area contributed by atoms with Gasteiger partial charge >= 0.3 is 0 Å². The summed E-state index contributed by atoms with van der Waals surface area (Å²) in [5.74, 6) is 1.60. The van der Waals surface area contributed by atoms with Gasteiger partial charge in [0.05, 0.1) is 12.6 Å². The summed E-state index contributed by atoms with van der Waals surface area (Å²) in [5.41, 5.74) is 5.45. The molecule has 1 fully saturated rings. The van der Waals surface area contributed by atoms with Gasteiger partial charge in [0.15, 0.2) is 0 Å². The number of rotatable bonds is 6. The van der Waals surface area contributed by atoms with Crippen LogP contribution in [-0.4, -0.2) is 49.4 Å². The molecule has 100 valence electrons. The molecule has 1 aliphatic heterocycles. The molecule has 2 heterocycles. The minimum Gasteiger partial charge on any atom is -0.383 e. The molecule has 1 aromatic rings. The third-order valence-corrected chi connectivity index (χ3v) is 3.10. The Balaban J connectivity index is 2.07. The van der Waals surface area contributed by atoms with Crippen molar-refractivity contribution >= 4 is 11.8 Å². The Morgan fingerprint density at radius 1 is 1.61 bits per heavy atom. The van der Waals surface area contributed by atoms with Gasteiger partial charge in [-0.2, -0.15) is 4.98 Å². The van der Waals surface area contributed by atoms with Crippen molar-refractivity contribution in [3.05, 3.63) is 12.3 Å². The van der Waals surface area contributed by atoms with E-state index in [1.807, 2.05) is 6.07 Å². The van der Waals surface area contributed by atoms with Gasteiger partial charge in [0.2, 0.25) is 5.95 Å². The van der Waals surface area contributed by atoms with Crippen LogP contribution in [0.25, 0.3) is 0 Å².